The van der Waals surface area contributed by atoms with Crippen molar-refractivity contribution in [3.63, 3.8) is 0 Å². The third kappa shape index (κ3) is 7.75. The molecule has 2 aromatic carbocycles. The molecule has 0 aliphatic carbocycles. The second-order valence-electron chi connectivity index (χ2n) is 8.44. The maximum Gasteiger partial charge on any atom is 0.244 e. The van der Waals surface area contributed by atoms with E-state index in [1.54, 1.807) is 37.3 Å². The molecule has 0 saturated carbocycles. The molecule has 0 radical (unpaired) electrons. The number of rotatable bonds is 12. The van der Waals surface area contributed by atoms with E-state index in [0.717, 1.165) is 17.0 Å². The normalized spacial score (nSPS) is 13.0. The first-order valence-electron chi connectivity index (χ1n) is 11.6. The number of hydrogen-bond donors (Lipinski definition) is 1. The number of anilines is 1. The summed E-state index contributed by atoms with van der Waals surface area (Å²) in [5.74, 6) is -0.663. The van der Waals surface area contributed by atoms with Gasteiger partial charge in [-0.1, -0.05) is 55.2 Å². The summed E-state index contributed by atoms with van der Waals surface area (Å²) in [6.45, 7) is 5.08. The fourth-order valence-corrected chi connectivity index (χ4v) is 4.83. The van der Waals surface area contributed by atoms with Gasteiger partial charge in [0.1, 0.15) is 18.3 Å². The van der Waals surface area contributed by atoms with E-state index >= 15 is 0 Å². The Morgan fingerprint density at radius 3 is 2.31 bits per heavy atom. The Morgan fingerprint density at radius 2 is 1.75 bits per heavy atom. The molecule has 36 heavy (non-hydrogen) atoms. The zero-order chi connectivity index (χ0) is 27.0. The molecule has 8 nitrogen and oxygen atoms in total. The first-order chi connectivity index (χ1) is 16.9. The van der Waals surface area contributed by atoms with Crippen LogP contribution in [0.4, 0.5) is 5.69 Å². The third-order valence-electron chi connectivity index (χ3n) is 5.77. The number of nitrogens with zero attached hydrogens (tertiary/aromatic N) is 2. The van der Waals surface area contributed by atoms with Crippen molar-refractivity contribution in [2.45, 2.75) is 52.2 Å². The predicted octanol–water partition coefficient (Wildman–Crippen LogP) is 4.49. The van der Waals surface area contributed by atoms with E-state index in [9.17, 15) is 18.0 Å². The third-order valence-corrected chi connectivity index (χ3v) is 7.50. The molecule has 198 valence electrons. The standard InChI is InChI=1S/C25H33Cl2N3O5S/c1-6-17(3)28-25(32)21(7-2)29(15-18-10-8-9-11-20(18)27)24(31)16-30(36(5,33)34)22-14-19(26)12-13-23(22)35-4/h8-14,17,21H,6-7,15-16H2,1-5H3,(H,28,32)/t17-,21+/m0/s1. The topological polar surface area (TPSA) is 96.0 Å². The van der Waals surface area contributed by atoms with Crippen LogP contribution in [0.25, 0.3) is 0 Å². The number of methoxy groups -OCH3 is 1. The van der Waals surface area contributed by atoms with Crippen LogP contribution < -0.4 is 14.4 Å². The quantitative estimate of drug-likeness (QED) is 0.414. The molecule has 2 amide bonds. The Morgan fingerprint density at radius 1 is 1.08 bits per heavy atom. The summed E-state index contributed by atoms with van der Waals surface area (Å²) in [6.07, 6.45) is 2.03. The molecular formula is C25H33Cl2N3O5S. The molecular weight excluding hydrogens is 525 g/mol. The van der Waals surface area contributed by atoms with Gasteiger partial charge in [0.05, 0.1) is 19.1 Å². The van der Waals surface area contributed by atoms with E-state index in [0.29, 0.717) is 17.0 Å². The Hall–Kier alpha value is -2.49. The second kappa shape index (κ2) is 13.2. The van der Waals surface area contributed by atoms with Crippen LogP contribution in [0.1, 0.15) is 39.2 Å². The monoisotopic (exact) mass is 557 g/mol. The van der Waals surface area contributed by atoms with E-state index in [1.807, 2.05) is 13.8 Å². The molecule has 0 fully saturated rings. The summed E-state index contributed by atoms with van der Waals surface area (Å²) in [7, 11) is -2.54. The first kappa shape index (κ1) is 29.7. The molecule has 2 atom stereocenters. The number of nitrogens with one attached hydrogen (secondary N) is 1. The van der Waals surface area contributed by atoms with Gasteiger partial charge in [0.2, 0.25) is 21.8 Å². The van der Waals surface area contributed by atoms with Gasteiger partial charge in [-0.2, -0.15) is 0 Å². The molecule has 2 aromatic rings. The molecule has 2 rings (SSSR count). The number of sulfonamides is 1. The van der Waals surface area contributed by atoms with Gasteiger partial charge in [0.25, 0.3) is 0 Å². The van der Waals surface area contributed by atoms with E-state index in [1.165, 1.54) is 24.1 Å². The summed E-state index contributed by atoms with van der Waals surface area (Å²) >= 11 is 12.5. The van der Waals surface area contributed by atoms with Crippen molar-refractivity contribution in [2.24, 2.45) is 0 Å². The van der Waals surface area contributed by atoms with Crippen LogP contribution in [0.3, 0.4) is 0 Å². The highest BCUT2D eigenvalue weighted by Gasteiger charge is 2.33. The predicted molar refractivity (Wildman–Crippen MR) is 144 cm³/mol. The summed E-state index contributed by atoms with van der Waals surface area (Å²) in [5, 5.41) is 3.63. The van der Waals surface area contributed by atoms with Gasteiger partial charge in [-0.25, -0.2) is 8.42 Å². The molecule has 0 aliphatic rings. The highest BCUT2D eigenvalue weighted by Crippen LogP contribution is 2.33. The Kier molecular flexibility index (Phi) is 10.9. The molecule has 0 unspecified atom stereocenters. The van der Waals surface area contributed by atoms with E-state index in [4.69, 9.17) is 27.9 Å². The number of halogens is 2. The van der Waals surface area contributed by atoms with Gasteiger partial charge in [-0.15, -0.1) is 0 Å². The largest absolute Gasteiger partial charge is 0.495 e. The fraction of sp³-hybridized carbons (Fsp3) is 0.440. The van der Waals surface area contributed by atoms with Crippen molar-refractivity contribution >= 4 is 50.7 Å². The number of ether oxygens (including phenoxy) is 1. The average molecular weight is 559 g/mol. The minimum atomic E-state index is -3.93. The number of benzene rings is 2. The highest BCUT2D eigenvalue weighted by atomic mass is 35.5. The maximum atomic E-state index is 13.8. The van der Waals surface area contributed by atoms with Crippen LogP contribution in [0.2, 0.25) is 10.0 Å². The Bertz CT molecular complexity index is 1180. The summed E-state index contributed by atoms with van der Waals surface area (Å²) in [6, 6.07) is 10.6. The number of carbonyl (C=O) groups is 2. The molecule has 0 aliphatic heterocycles. The molecule has 0 spiro atoms. The van der Waals surface area contributed by atoms with E-state index < -0.39 is 28.5 Å². The van der Waals surface area contributed by atoms with E-state index in [-0.39, 0.29) is 35.0 Å². The molecule has 0 aromatic heterocycles. The van der Waals surface area contributed by atoms with Gasteiger partial charge in [-0.05, 0) is 49.6 Å². The van der Waals surface area contributed by atoms with Crippen LogP contribution in [0.15, 0.2) is 42.5 Å². The van der Waals surface area contributed by atoms with Crippen molar-refractivity contribution in [3.05, 3.63) is 58.1 Å². The molecule has 0 bridgehead atoms. The lowest BCUT2D eigenvalue weighted by molar-refractivity contribution is -0.140. The lowest BCUT2D eigenvalue weighted by Crippen LogP contribution is -2.53. The van der Waals surface area contributed by atoms with Crippen LogP contribution in [0.5, 0.6) is 5.75 Å². The smallest absolute Gasteiger partial charge is 0.244 e. The first-order valence-corrected chi connectivity index (χ1v) is 14.2. The van der Waals surface area contributed by atoms with Gasteiger partial charge < -0.3 is 15.0 Å². The molecule has 1 N–H and O–H groups in total. The summed E-state index contributed by atoms with van der Waals surface area (Å²) in [4.78, 5) is 28.3. The Labute approximate surface area is 223 Å². The van der Waals surface area contributed by atoms with Gasteiger partial charge >= 0.3 is 0 Å². The van der Waals surface area contributed by atoms with Crippen molar-refractivity contribution < 1.29 is 22.7 Å². The van der Waals surface area contributed by atoms with Crippen LogP contribution in [-0.4, -0.2) is 57.1 Å². The lowest BCUT2D eigenvalue weighted by Gasteiger charge is -2.33. The fourth-order valence-electron chi connectivity index (χ4n) is 3.62. The minimum absolute atomic E-state index is 0.0230. The number of amides is 2. The SMILES string of the molecule is CC[C@H](C(=O)N[C@@H](C)CC)N(Cc1ccccc1Cl)C(=O)CN(c1cc(Cl)ccc1OC)S(C)(=O)=O. The highest BCUT2D eigenvalue weighted by molar-refractivity contribution is 7.92. The molecule has 11 heteroatoms. The Balaban J connectivity index is 2.53. The average Bonchev–Trinajstić information content (AvgIpc) is 2.82. The van der Waals surface area contributed by atoms with Crippen LogP contribution >= 0.6 is 23.2 Å². The number of carbonyl (C=O) groups excluding carboxylic acids is 2. The van der Waals surface area contributed by atoms with Gasteiger partial charge in [0, 0.05) is 22.6 Å². The summed E-state index contributed by atoms with van der Waals surface area (Å²) in [5.41, 5.74) is 0.754. The van der Waals surface area contributed by atoms with Gasteiger partial charge in [-0.3, -0.25) is 13.9 Å². The van der Waals surface area contributed by atoms with Crippen LogP contribution in [-0.2, 0) is 26.2 Å². The molecule has 0 saturated heterocycles. The van der Waals surface area contributed by atoms with Crippen LogP contribution in [0, 0.1) is 0 Å². The number of hydrogen-bond acceptors (Lipinski definition) is 5. The van der Waals surface area contributed by atoms with E-state index in [2.05, 4.69) is 5.32 Å². The molecule has 0 heterocycles. The van der Waals surface area contributed by atoms with Crippen molar-refractivity contribution in [2.75, 3.05) is 24.2 Å². The van der Waals surface area contributed by atoms with Crippen molar-refractivity contribution in [1.82, 2.24) is 10.2 Å². The minimum Gasteiger partial charge on any atom is -0.495 e. The second-order valence-corrected chi connectivity index (χ2v) is 11.2. The van der Waals surface area contributed by atoms with Gasteiger partial charge in [0.15, 0.2) is 0 Å². The zero-order valence-electron chi connectivity index (χ0n) is 21.1. The zero-order valence-corrected chi connectivity index (χ0v) is 23.5. The summed E-state index contributed by atoms with van der Waals surface area (Å²) < 4.78 is 31.8. The maximum absolute atomic E-state index is 13.8. The van der Waals surface area contributed by atoms with Crippen molar-refractivity contribution in [1.29, 1.82) is 0 Å². The lowest BCUT2D eigenvalue weighted by atomic mass is 10.1. The van der Waals surface area contributed by atoms with Crippen molar-refractivity contribution in [3.8, 4) is 5.75 Å².